The van der Waals surface area contributed by atoms with E-state index in [0.29, 0.717) is 0 Å². The number of methoxy groups -OCH3 is 1. The number of ether oxygens (including phenoxy) is 1. The van der Waals surface area contributed by atoms with Crippen LogP contribution in [-0.4, -0.2) is 27.6 Å². The summed E-state index contributed by atoms with van der Waals surface area (Å²) in [6, 6.07) is 18.3. The number of thioether (sulfide) groups is 1. The standard InChI is InChI=1S/C18H19N3OS/c1-3-23-18-20-19-17(13-14-9-5-4-6-10-14)21(18)15-11-7-8-12-16(15)22-2/h4-12H,3,13H2,1-2H3. The summed E-state index contributed by atoms with van der Waals surface area (Å²) in [4.78, 5) is 0. The minimum Gasteiger partial charge on any atom is -0.495 e. The molecule has 1 heterocycles. The number of hydrogen-bond acceptors (Lipinski definition) is 4. The van der Waals surface area contributed by atoms with Gasteiger partial charge in [-0.3, -0.25) is 4.57 Å². The molecule has 0 aliphatic heterocycles. The third-order valence-corrected chi connectivity index (χ3v) is 4.32. The lowest BCUT2D eigenvalue weighted by Crippen LogP contribution is -2.05. The van der Waals surface area contributed by atoms with E-state index in [-0.39, 0.29) is 0 Å². The van der Waals surface area contributed by atoms with Crippen molar-refractivity contribution in [3.63, 3.8) is 0 Å². The molecule has 0 aliphatic rings. The van der Waals surface area contributed by atoms with E-state index in [9.17, 15) is 0 Å². The molecular formula is C18H19N3OS. The number of para-hydroxylation sites is 2. The molecule has 0 atom stereocenters. The van der Waals surface area contributed by atoms with Crippen LogP contribution in [0.25, 0.3) is 5.69 Å². The average molecular weight is 325 g/mol. The maximum atomic E-state index is 5.52. The molecule has 0 N–H and O–H groups in total. The lowest BCUT2D eigenvalue weighted by atomic mass is 10.1. The molecule has 0 amide bonds. The topological polar surface area (TPSA) is 39.9 Å². The van der Waals surface area contributed by atoms with Gasteiger partial charge in [0.1, 0.15) is 11.6 Å². The molecule has 0 bridgehead atoms. The van der Waals surface area contributed by atoms with Gasteiger partial charge in [-0.2, -0.15) is 0 Å². The highest BCUT2D eigenvalue weighted by molar-refractivity contribution is 7.99. The van der Waals surface area contributed by atoms with Crippen molar-refractivity contribution >= 4 is 11.8 Å². The first-order chi connectivity index (χ1) is 11.3. The van der Waals surface area contributed by atoms with Gasteiger partial charge in [0.25, 0.3) is 0 Å². The monoisotopic (exact) mass is 325 g/mol. The summed E-state index contributed by atoms with van der Waals surface area (Å²) in [5.41, 5.74) is 2.19. The highest BCUT2D eigenvalue weighted by Crippen LogP contribution is 2.29. The molecule has 118 valence electrons. The maximum absolute atomic E-state index is 5.52. The van der Waals surface area contributed by atoms with Crippen LogP contribution in [0.5, 0.6) is 5.75 Å². The SMILES string of the molecule is CCSc1nnc(Cc2ccccc2)n1-c1ccccc1OC. The average Bonchev–Trinajstić information content (AvgIpc) is 2.98. The maximum Gasteiger partial charge on any atom is 0.195 e. The fourth-order valence-corrected chi connectivity index (χ4v) is 3.16. The molecule has 0 radical (unpaired) electrons. The zero-order chi connectivity index (χ0) is 16.1. The number of rotatable bonds is 6. The molecule has 0 unspecified atom stereocenters. The summed E-state index contributed by atoms with van der Waals surface area (Å²) in [7, 11) is 1.69. The van der Waals surface area contributed by atoms with E-state index in [2.05, 4.69) is 33.8 Å². The fraction of sp³-hybridized carbons (Fsp3) is 0.222. The van der Waals surface area contributed by atoms with Crippen LogP contribution in [0.15, 0.2) is 59.8 Å². The fourth-order valence-electron chi connectivity index (χ4n) is 2.47. The first kappa shape index (κ1) is 15.6. The first-order valence-electron chi connectivity index (χ1n) is 7.58. The molecule has 0 spiro atoms. The van der Waals surface area contributed by atoms with Gasteiger partial charge in [0.2, 0.25) is 0 Å². The Hall–Kier alpha value is -2.27. The van der Waals surface area contributed by atoms with Crippen LogP contribution in [-0.2, 0) is 6.42 Å². The van der Waals surface area contributed by atoms with Crippen LogP contribution in [0, 0.1) is 0 Å². The van der Waals surface area contributed by atoms with Crippen molar-refractivity contribution in [2.45, 2.75) is 18.5 Å². The highest BCUT2D eigenvalue weighted by atomic mass is 32.2. The van der Waals surface area contributed by atoms with Crippen molar-refractivity contribution in [3.8, 4) is 11.4 Å². The van der Waals surface area contributed by atoms with E-state index in [4.69, 9.17) is 4.74 Å². The molecule has 0 saturated carbocycles. The van der Waals surface area contributed by atoms with Gasteiger partial charge in [0.05, 0.1) is 12.8 Å². The number of benzene rings is 2. The third-order valence-electron chi connectivity index (χ3n) is 3.50. The second-order valence-electron chi connectivity index (χ2n) is 5.00. The highest BCUT2D eigenvalue weighted by Gasteiger charge is 2.17. The Kier molecular flexibility index (Phi) is 4.98. The summed E-state index contributed by atoms with van der Waals surface area (Å²) >= 11 is 1.68. The van der Waals surface area contributed by atoms with Crippen molar-refractivity contribution < 1.29 is 4.74 Å². The molecule has 5 heteroatoms. The number of aromatic nitrogens is 3. The van der Waals surface area contributed by atoms with E-state index >= 15 is 0 Å². The summed E-state index contributed by atoms with van der Waals surface area (Å²) in [5.74, 6) is 2.68. The Morgan fingerprint density at radius 2 is 1.74 bits per heavy atom. The van der Waals surface area contributed by atoms with Gasteiger partial charge < -0.3 is 4.74 Å². The van der Waals surface area contributed by atoms with Crippen LogP contribution in [0.2, 0.25) is 0 Å². The van der Waals surface area contributed by atoms with E-state index in [1.165, 1.54) is 5.56 Å². The van der Waals surface area contributed by atoms with Gasteiger partial charge >= 0.3 is 0 Å². The van der Waals surface area contributed by atoms with Gasteiger partial charge in [0.15, 0.2) is 5.16 Å². The molecule has 0 saturated heterocycles. The predicted molar refractivity (Wildman–Crippen MR) is 93.6 cm³/mol. The predicted octanol–water partition coefficient (Wildman–Crippen LogP) is 3.98. The lowest BCUT2D eigenvalue weighted by molar-refractivity contribution is 0.411. The summed E-state index contributed by atoms with van der Waals surface area (Å²) < 4.78 is 7.62. The quantitative estimate of drug-likeness (QED) is 0.643. The van der Waals surface area contributed by atoms with E-state index in [0.717, 1.165) is 34.6 Å². The molecule has 3 rings (SSSR count). The van der Waals surface area contributed by atoms with Crippen molar-refractivity contribution in [3.05, 3.63) is 66.0 Å². The second-order valence-corrected chi connectivity index (χ2v) is 6.23. The van der Waals surface area contributed by atoms with Gasteiger partial charge in [-0.05, 0) is 23.4 Å². The van der Waals surface area contributed by atoms with Crippen LogP contribution in [0.1, 0.15) is 18.3 Å². The molecule has 0 aliphatic carbocycles. The van der Waals surface area contributed by atoms with Crippen molar-refractivity contribution in [1.82, 2.24) is 14.8 Å². The van der Waals surface area contributed by atoms with Gasteiger partial charge in [-0.1, -0.05) is 61.2 Å². The summed E-state index contributed by atoms with van der Waals surface area (Å²) in [6.45, 7) is 2.11. The molecule has 1 aromatic heterocycles. The Bertz CT molecular complexity index is 771. The Labute approximate surface area is 140 Å². The Morgan fingerprint density at radius 3 is 2.48 bits per heavy atom. The molecule has 3 aromatic rings. The van der Waals surface area contributed by atoms with Crippen molar-refractivity contribution in [1.29, 1.82) is 0 Å². The van der Waals surface area contributed by atoms with Crippen LogP contribution >= 0.6 is 11.8 Å². The van der Waals surface area contributed by atoms with Crippen LogP contribution in [0.4, 0.5) is 0 Å². The van der Waals surface area contributed by atoms with E-state index in [1.54, 1.807) is 18.9 Å². The molecule has 0 fully saturated rings. The summed E-state index contributed by atoms with van der Waals surface area (Å²) in [6.07, 6.45) is 0.732. The zero-order valence-corrected chi connectivity index (χ0v) is 14.1. The van der Waals surface area contributed by atoms with Gasteiger partial charge in [-0.15, -0.1) is 10.2 Å². The Morgan fingerprint density at radius 1 is 1.00 bits per heavy atom. The molecule has 2 aromatic carbocycles. The largest absolute Gasteiger partial charge is 0.495 e. The lowest BCUT2D eigenvalue weighted by Gasteiger charge is -2.13. The van der Waals surface area contributed by atoms with Crippen LogP contribution < -0.4 is 4.74 Å². The first-order valence-corrected chi connectivity index (χ1v) is 8.56. The van der Waals surface area contributed by atoms with Crippen LogP contribution in [0.3, 0.4) is 0 Å². The van der Waals surface area contributed by atoms with Crippen molar-refractivity contribution in [2.75, 3.05) is 12.9 Å². The Balaban J connectivity index is 2.07. The van der Waals surface area contributed by atoms with Crippen molar-refractivity contribution in [2.24, 2.45) is 0 Å². The van der Waals surface area contributed by atoms with Gasteiger partial charge in [-0.25, -0.2) is 0 Å². The minimum atomic E-state index is 0.732. The molecule has 23 heavy (non-hydrogen) atoms. The summed E-state index contributed by atoms with van der Waals surface area (Å²) in [5, 5.41) is 9.68. The zero-order valence-electron chi connectivity index (χ0n) is 13.3. The normalized spacial score (nSPS) is 10.7. The van der Waals surface area contributed by atoms with Gasteiger partial charge in [0, 0.05) is 6.42 Å². The van der Waals surface area contributed by atoms with E-state index in [1.807, 2.05) is 42.5 Å². The minimum absolute atomic E-state index is 0.732. The molecular weight excluding hydrogens is 306 g/mol. The number of hydrogen-bond donors (Lipinski definition) is 0. The third kappa shape index (κ3) is 3.40. The second kappa shape index (κ2) is 7.33. The van der Waals surface area contributed by atoms with E-state index < -0.39 is 0 Å². The number of nitrogens with zero attached hydrogens (tertiary/aromatic N) is 3. The molecule has 4 nitrogen and oxygen atoms in total. The smallest absolute Gasteiger partial charge is 0.195 e.